The molecule has 0 unspecified atom stereocenters. The van der Waals surface area contributed by atoms with E-state index in [1.807, 2.05) is 13.0 Å². The highest BCUT2D eigenvalue weighted by molar-refractivity contribution is 5.76. The SMILES string of the molecule is C/C(=C\CC(=O)O)c1c(C)cccc1O. The van der Waals surface area contributed by atoms with Crippen LogP contribution in [0.15, 0.2) is 24.3 Å². The van der Waals surface area contributed by atoms with Gasteiger partial charge in [-0.1, -0.05) is 18.2 Å². The van der Waals surface area contributed by atoms with E-state index in [1.54, 1.807) is 25.1 Å². The summed E-state index contributed by atoms with van der Waals surface area (Å²) >= 11 is 0. The van der Waals surface area contributed by atoms with Gasteiger partial charge < -0.3 is 10.2 Å². The Kier molecular flexibility index (Phi) is 3.50. The van der Waals surface area contributed by atoms with E-state index in [9.17, 15) is 9.90 Å². The van der Waals surface area contributed by atoms with Gasteiger partial charge in [0.2, 0.25) is 0 Å². The fourth-order valence-corrected chi connectivity index (χ4v) is 1.51. The lowest BCUT2D eigenvalue weighted by atomic mass is 10.00. The molecule has 0 aliphatic rings. The fourth-order valence-electron chi connectivity index (χ4n) is 1.51. The van der Waals surface area contributed by atoms with Crippen LogP contribution in [0.3, 0.4) is 0 Å². The van der Waals surface area contributed by atoms with Crippen LogP contribution in [0, 0.1) is 6.92 Å². The molecule has 0 saturated heterocycles. The average molecular weight is 206 g/mol. The van der Waals surface area contributed by atoms with Crippen molar-refractivity contribution in [1.82, 2.24) is 0 Å². The van der Waals surface area contributed by atoms with Crippen molar-refractivity contribution in [2.45, 2.75) is 20.3 Å². The largest absolute Gasteiger partial charge is 0.507 e. The van der Waals surface area contributed by atoms with E-state index >= 15 is 0 Å². The van der Waals surface area contributed by atoms with E-state index in [1.165, 1.54) is 0 Å². The van der Waals surface area contributed by atoms with Crippen molar-refractivity contribution in [1.29, 1.82) is 0 Å². The minimum Gasteiger partial charge on any atom is -0.507 e. The van der Waals surface area contributed by atoms with Crippen molar-refractivity contribution in [3.63, 3.8) is 0 Å². The molecule has 3 nitrogen and oxygen atoms in total. The molecule has 0 saturated carbocycles. The molecule has 0 aliphatic heterocycles. The first-order valence-corrected chi connectivity index (χ1v) is 4.70. The molecule has 0 fully saturated rings. The van der Waals surface area contributed by atoms with Gasteiger partial charge in [0, 0.05) is 5.56 Å². The van der Waals surface area contributed by atoms with Crippen LogP contribution < -0.4 is 0 Å². The minimum atomic E-state index is -0.873. The molecule has 15 heavy (non-hydrogen) atoms. The van der Waals surface area contributed by atoms with Crippen molar-refractivity contribution in [2.75, 3.05) is 0 Å². The van der Waals surface area contributed by atoms with Crippen LogP contribution in [0.1, 0.15) is 24.5 Å². The quantitative estimate of drug-likeness (QED) is 0.799. The molecule has 1 aromatic rings. The van der Waals surface area contributed by atoms with Gasteiger partial charge in [-0.2, -0.15) is 0 Å². The number of hydrogen-bond acceptors (Lipinski definition) is 2. The van der Waals surface area contributed by atoms with Gasteiger partial charge in [0.25, 0.3) is 0 Å². The highest BCUT2D eigenvalue weighted by atomic mass is 16.4. The van der Waals surface area contributed by atoms with E-state index in [0.717, 1.165) is 16.7 Å². The molecule has 0 aliphatic carbocycles. The van der Waals surface area contributed by atoms with E-state index in [0.29, 0.717) is 0 Å². The van der Waals surface area contributed by atoms with Gasteiger partial charge in [0.15, 0.2) is 0 Å². The number of aromatic hydroxyl groups is 1. The second-order valence-electron chi connectivity index (χ2n) is 3.45. The predicted molar refractivity (Wildman–Crippen MR) is 58.7 cm³/mol. The van der Waals surface area contributed by atoms with Crippen molar-refractivity contribution < 1.29 is 15.0 Å². The lowest BCUT2D eigenvalue weighted by molar-refractivity contribution is -0.135. The Hall–Kier alpha value is -1.77. The summed E-state index contributed by atoms with van der Waals surface area (Å²) in [5.41, 5.74) is 2.45. The first-order chi connectivity index (χ1) is 7.02. The first kappa shape index (κ1) is 11.3. The summed E-state index contributed by atoms with van der Waals surface area (Å²) in [6, 6.07) is 5.24. The third-order valence-corrected chi connectivity index (χ3v) is 2.23. The van der Waals surface area contributed by atoms with Crippen molar-refractivity contribution in [2.24, 2.45) is 0 Å². The molecule has 0 radical (unpaired) electrons. The third-order valence-electron chi connectivity index (χ3n) is 2.23. The van der Waals surface area contributed by atoms with Crippen molar-refractivity contribution in [3.05, 3.63) is 35.4 Å². The van der Waals surface area contributed by atoms with Crippen molar-refractivity contribution >= 4 is 11.5 Å². The Labute approximate surface area is 88.7 Å². The summed E-state index contributed by atoms with van der Waals surface area (Å²) in [4.78, 5) is 10.4. The third kappa shape index (κ3) is 2.84. The Morgan fingerprint density at radius 2 is 2.13 bits per heavy atom. The summed E-state index contributed by atoms with van der Waals surface area (Å²) in [5.74, 6) is -0.684. The number of phenols is 1. The number of carboxylic acids is 1. The standard InChI is InChI=1S/C12H14O3/c1-8-4-3-5-10(13)12(8)9(2)6-7-11(14)15/h3-6,13H,7H2,1-2H3,(H,14,15)/b9-6+. The number of hydrogen-bond donors (Lipinski definition) is 2. The second-order valence-corrected chi connectivity index (χ2v) is 3.45. The number of carboxylic acid groups (broad SMARTS) is 1. The van der Waals surface area contributed by atoms with Crippen LogP contribution in [0.5, 0.6) is 5.75 Å². The Bertz CT molecular complexity index is 385. The Balaban J connectivity index is 3.05. The van der Waals surface area contributed by atoms with Gasteiger partial charge in [-0.05, 0) is 31.1 Å². The number of phenolic OH excluding ortho intramolecular Hbond substituents is 1. The summed E-state index contributed by atoms with van der Waals surface area (Å²) in [7, 11) is 0. The van der Waals surface area contributed by atoms with Gasteiger partial charge in [-0.15, -0.1) is 0 Å². The zero-order valence-electron chi connectivity index (χ0n) is 8.82. The van der Waals surface area contributed by atoms with Crippen LogP contribution in [0.4, 0.5) is 0 Å². The summed E-state index contributed by atoms with van der Waals surface area (Å²) in [6.07, 6.45) is 1.57. The monoisotopic (exact) mass is 206 g/mol. The van der Waals surface area contributed by atoms with Crippen LogP contribution in [-0.2, 0) is 4.79 Å². The van der Waals surface area contributed by atoms with Gasteiger partial charge in [-0.3, -0.25) is 4.79 Å². The number of benzene rings is 1. The Morgan fingerprint density at radius 3 is 2.67 bits per heavy atom. The van der Waals surface area contributed by atoms with Crippen LogP contribution >= 0.6 is 0 Å². The molecule has 0 aromatic heterocycles. The van der Waals surface area contributed by atoms with Gasteiger partial charge >= 0.3 is 5.97 Å². The first-order valence-electron chi connectivity index (χ1n) is 4.70. The molecular formula is C12H14O3. The summed E-state index contributed by atoms with van der Waals surface area (Å²) in [6.45, 7) is 3.68. The number of allylic oxidation sites excluding steroid dienone is 1. The zero-order valence-corrected chi connectivity index (χ0v) is 8.82. The average Bonchev–Trinajstić information content (AvgIpc) is 2.14. The smallest absolute Gasteiger partial charge is 0.307 e. The topological polar surface area (TPSA) is 57.5 Å². The van der Waals surface area contributed by atoms with E-state index < -0.39 is 5.97 Å². The summed E-state index contributed by atoms with van der Waals surface area (Å²) < 4.78 is 0. The molecule has 0 atom stereocenters. The molecule has 0 spiro atoms. The zero-order chi connectivity index (χ0) is 11.4. The number of aryl methyl sites for hydroxylation is 1. The molecule has 0 heterocycles. The maximum absolute atomic E-state index is 10.4. The lowest BCUT2D eigenvalue weighted by Gasteiger charge is -2.08. The molecule has 0 bridgehead atoms. The molecule has 0 amide bonds. The highest BCUT2D eigenvalue weighted by Crippen LogP contribution is 2.28. The lowest BCUT2D eigenvalue weighted by Crippen LogP contribution is -1.92. The number of carbonyl (C=O) groups is 1. The Morgan fingerprint density at radius 1 is 1.47 bits per heavy atom. The van der Waals surface area contributed by atoms with Crippen LogP contribution in [0.25, 0.3) is 5.57 Å². The minimum absolute atomic E-state index is 0.0282. The van der Waals surface area contributed by atoms with E-state index in [4.69, 9.17) is 5.11 Å². The number of aliphatic carboxylic acids is 1. The predicted octanol–water partition coefficient (Wildman–Crippen LogP) is 2.58. The van der Waals surface area contributed by atoms with Gasteiger partial charge in [0.05, 0.1) is 6.42 Å². The molecular weight excluding hydrogens is 192 g/mol. The van der Waals surface area contributed by atoms with Crippen LogP contribution in [-0.4, -0.2) is 16.2 Å². The fraction of sp³-hybridized carbons (Fsp3) is 0.250. The maximum Gasteiger partial charge on any atom is 0.307 e. The number of rotatable bonds is 3. The molecule has 1 aromatic carbocycles. The molecule has 2 N–H and O–H groups in total. The normalized spacial score (nSPS) is 11.5. The molecule has 1 rings (SSSR count). The van der Waals surface area contributed by atoms with E-state index in [-0.39, 0.29) is 12.2 Å². The van der Waals surface area contributed by atoms with E-state index in [2.05, 4.69) is 0 Å². The second kappa shape index (κ2) is 4.64. The van der Waals surface area contributed by atoms with Gasteiger partial charge in [-0.25, -0.2) is 0 Å². The van der Waals surface area contributed by atoms with Gasteiger partial charge in [0.1, 0.15) is 5.75 Å². The maximum atomic E-state index is 10.4. The highest BCUT2D eigenvalue weighted by Gasteiger charge is 2.06. The molecule has 3 heteroatoms. The summed E-state index contributed by atoms with van der Waals surface area (Å²) in [5, 5.41) is 18.2. The van der Waals surface area contributed by atoms with Crippen molar-refractivity contribution in [3.8, 4) is 5.75 Å². The molecule has 80 valence electrons. The van der Waals surface area contributed by atoms with Crippen LogP contribution in [0.2, 0.25) is 0 Å².